The summed E-state index contributed by atoms with van der Waals surface area (Å²) in [6.07, 6.45) is 0.158. The van der Waals surface area contributed by atoms with E-state index in [-0.39, 0.29) is 17.2 Å². The molecule has 2 aromatic carbocycles. The summed E-state index contributed by atoms with van der Waals surface area (Å²) in [6.45, 7) is 2.18. The zero-order valence-corrected chi connectivity index (χ0v) is 19.0. The zero-order chi connectivity index (χ0) is 21.8. The third-order valence-corrected chi connectivity index (χ3v) is 7.56. The van der Waals surface area contributed by atoms with E-state index in [1.54, 1.807) is 52.7 Å². The highest BCUT2D eigenvalue weighted by Gasteiger charge is 2.21. The first-order valence-corrected chi connectivity index (χ1v) is 12.5. The van der Waals surface area contributed by atoms with Gasteiger partial charge in [0.15, 0.2) is 0 Å². The quantitative estimate of drug-likeness (QED) is 0.576. The molecule has 0 atom stereocenters. The van der Waals surface area contributed by atoms with Crippen molar-refractivity contribution in [2.45, 2.75) is 11.3 Å². The molecule has 0 aliphatic carbocycles. The second-order valence-electron chi connectivity index (χ2n) is 7.06. The highest BCUT2D eigenvalue weighted by Crippen LogP contribution is 2.28. The number of hydrogen-bond acceptors (Lipinski definition) is 5. The number of benzene rings is 2. The number of morpholine rings is 1. The van der Waals surface area contributed by atoms with E-state index in [0.717, 1.165) is 11.1 Å². The Bertz CT molecular complexity index is 1150. The number of ether oxygens (including phenoxy) is 1. The van der Waals surface area contributed by atoms with Gasteiger partial charge in [-0.25, -0.2) is 8.42 Å². The van der Waals surface area contributed by atoms with Crippen molar-refractivity contribution in [3.05, 3.63) is 69.9 Å². The molecule has 1 N–H and O–H groups in total. The standard InChI is InChI=1S/C22H21ClN2O4S2/c23-18-5-1-16(2-6-18)17-3-7-19(8-4-17)31(27,28)24-20-9-14-30-21(20)15-22(26)25-10-12-29-13-11-25/h1-9,14,24H,10-13,15H2. The van der Waals surface area contributed by atoms with Crippen molar-refractivity contribution in [3.63, 3.8) is 0 Å². The first-order chi connectivity index (χ1) is 14.9. The third-order valence-electron chi connectivity index (χ3n) is 5.01. The van der Waals surface area contributed by atoms with E-state index < -0.39 is 10.0 Å². The Morgan fingerprint density at radius 3 is 2.26 bits per heavy atom. The molecule has 1 aromatic heterocycles. The van der Waals surface area contributed by atoms with E-state index in [2.05, 4.69) is 4.72 Å². The molecule has 0 spiro atoms. The van der Waals surface area contributed by atoms with Gasteiger partial charge in [-0.15, -0.1) is 11.3 Å². The molecule has 0 radical (unpaired) electrons. The summed E-state index contributed by atoms with van der Waals surface area (Å²) >= 11 is 7.29. The fraction of sp³-hybridized carbons (Fsp3) is 0.227. The summed E-state index contributed by atoms with van der Waals surface area (Å²) in [5.74, 6) is -0.0292. The van der Waals surface area contributed by atoms with Crippen molar-refractivity contribution < 1.29 is 17.9 Å². The summed E-state index contributed by atoms with van der Waals surface area (Å²) in [6, 6.07) is 15.7. The predicted octanol–water partition coefficient (Wildman–Crippen LogP) is 4.27. The molecule has 0 saturated carbocycles. The molecule has 162 valence electrons. The number of thiophene rings is 1. The molecule has 0 unspecified atom stereocenters. The van der Waals surface area contributed by atoms with E-state index in [1.165, 1.54) is 11.3 Å². The Labute approximate surface area is 190 Å². The maximum absolute atomic E-state index is 12.9. The van der Waals surface area contributed by atoms with Crippen LogP contribution in [-0.4, -0.2) is 45.5 Å². The van der Waals surface area contributed by atoms with Crippen LogP contribution in [0.15, 0.2) is 64.9 Å². The number of nitrogens with one attached hydrogen (secondary N) is 1. The Morgan fingerprint density at radius 1 is 1.00 bits per heavy atom. The number of nitrogens with zero attached hydrogens (tertiary/aromatic N) is 1. The van der Waals surface area contributed by atoms with Gasteiger partial charge in [0.2, 0.25) is 5.91 Å². The average molecular weight is 477 g/mol. The fourth-order valence-electron chi connectivity index (χ4n) is 3.30. The van der Waals surface area contributed by atoms with Gasteiger partial charge in [-0.3, -0.25) is 9.52 Å². The number of sulfonamides is 1. The summed E-state index contributed by atoms with van der Waals surface area (Å²) in [5, 5.41) is 2.43. The summed E-state index contributed by atoms with van der Waals surface area (Å²) in [7, 11) is -3.78. The van der Waals surface area contributed by atoms with Gasteiger partial charge in [-0.2, -0.15) is 0 Å². The van der Waals surface area contributed by atoms with E-state index >= 15 is 0 Å². The summed E-state index contributed by atoms with van der Waals surface area (Å²) < 4.78 is 33.7. The van der Waals surface area contributed by atoms with Gasteiger partial charge < -0.3 is 9.64 Å². The van der Waals surface area contributed by atoms with E-state index in [9.17, 15) is 13.2 Å². The lowest BCUT2D eigenvalue weighted by Crippen LogP contribution is -2.41. The fourth-order valence-corrected chi connectivity index (χ4v) is 5.41. The maximum Gasteiger partial charge on any atom is 0.261 e. The number of halogens is 1. The van der Waals surface area contributed by atoms with Crippen molar-refractivity contribution in [2.24, 2.45) is 0 Å². The molecule has 1 aliphatic rings. The monoisotopic (exact) mass is 476 g/mol. The zero-order valence-electron chi connectivity index (χ0n) is 16.6. The normalized spacial score (nSPS) is 14.4. The van der Waals surface area contributed by atoms with Crippen molar-refractivity contribution in [1.82, 2.24) is 4.90 Å². The van der Waals surface area contributed by atoms with Crippen molar-refractivity contribution in [1.29, 1.82) is 0 Å². The topological polar surface area (TPSA) is 75.7 Å². The van der Waals surface area contributed by atoms with Crippen LogP contribution in [0.1, 0.15) is 4.88 Å². The largest absolute Gasteiger partial charge is 0.378 e. The second kappa shape index (κ2) is 9.40. The number of anilines is 1. The Morgan fingerprint density at radius 2 is 1.61 bits per heavy atom. The molecule has 2 heterocycles. The third kappa shape index (κ3) is 5.27. The molecule has 1 aliphatic heterocycles. The van der Waals surface area contributed by atoms with Crippen LogP contribution in [0.2, 0.25) is 5.02 Å². The van der Waals surface area contributed by atoms with Gasteiger partial charge in [0.1, 0.15) is 0 Å². The van der Waals surface area contributed by atoms with E-state index in [0.29, 0.717) is 41.9 Å². The Kier molecular flexibility index (Phi) is 6.62. The highest BCUT2D eigenvalue weighted by molar-refractivity contribution is 7.92. The Hall–Kier alpha value is -2.39. The SMILES string of the molecule is O=C(Cc1sccc1NS(=O)(=O)c1ccc(-c2ccc(Cl)cc2)cc1)N1CCOCC1. The summed E-state index contributed by atoms with van der Waals surface area (Å²) in [5.41, 5.74) is 2.28. The molecular formula is C22H21ClN2O4S2. The molecule has 1 saturated heterocycles. The number of rotatable bonds is 6. The lowest BCUT2D eigenvalue weighted by atomic mass is 10.1. The first-order valence-electron chi connectivity index (χ1n) is 9.73. The molecule has 1 fully saturated rings. The van der Waals surface area contributed by atoms with E-state index in [1.807, 2.05) is 12.1 Å². The molecule has 0 bridgehead atoms. The maximum atomic E-state index is 12.9. The van der Waals surface area contributed by atoms with Crippen LogP contribution in [-0.2, 0) is 26.0 Å². The van der Waals surface area contributed by atoms with Crippen molar-refractivity contribution in [2.75, 3.05) is 31.0 Å². The summed E-state index contributed by atoms with van der Waals surface area (Å²) in [4.78, 5) is 15.1. The van der Waals surface area contributed by atoms with Gasteiger partial charge in [0, 0.05) is 23.0 Å². The van der Waals surface area contributed by atoms with Gasteiger partial charge >= 0.3 is 0 Å². The molecule has 9 heteroatoms. The number of carbonyl (C=O) groups excluding carboxylic acids is 1. The minimum Gasteiger partial charge on any atom is -0.378 e. The van der Waals surface area contributed by atoms with Crippen LogP contribution in [0.4, 0.5) is 5.69 Å². The smallest absolute Gasteiger partial charge is 0.261 e. The van der Waals surface area contributed by atoms with Gasteiger partial charge in [-0.05, 0) is 46.8 Å². The minimum atomic E-state index is -3.78. The molecule has 4 rings (SSSR count). The van der Waals surface area contributed by atoms with Crippen molar-refractivity contribution in [3.8, 4) is 11.1 Å². The van der Waals surface area contributed by atoms with Crippen molar-refractivity contribution >= 4 is 44.6 Å². The molecule has 31 heavy (non-hydrogen) atoms. The lowest BCUT2D eigenvalue weighted by molar-refractivity contribution is -0.134. The number of carbonyl (C=O) groups is 1. The van der Waals surface area contributed by atoms with Crippen LogP contribution in [0.5, 0.6) is 0 Å². The minimum absolute atomic E-state index is 0.0292. The predicted molar refractivity (Wildman–Crippen MR) is 123 cm³/mol. The van der Waals surface area contributed by atoms with Crippen LogP contribution in [0.3, 0.4) is 0 Å². The number of amides is 1. The first kappa shape index (κ1) is 21.8. The highest BCUT2D eigenvalue weighted by atomic mass is 35.5. The van der Waals surface area contributed by atoms with Gasteiger partial charge in [0.05, 0.1) is 30.2 Å². The lowest BCUT2D eigenvalue weighted by Gasteiger charge is -2.26. The molecule has 6 nitrogen and oxygen atoms in total. The molecular weight excluding hydrogens is 456 g/mol. The van der Waals surface area contributed by atoms with Gasteiger partial charge in [0.25, 0.3) is 10.0 Å². The molecule has 1 amide bonds. The van der Waals surface area contributed by atoms with Crippen LogP contribution >= 0.6 is 22.9 Å². The average Bonchev–Trinajstić information content (AvgIpc) is 3.20. The van der Waals surface area contributed by atoms with Crippen LogP contribution < -0.4 is 4.72 Å². The second-order valence-corrected chi connectivity index (χ2v) is 10.2. The number of hydrogen-bond donors (Lipinski definition) is 1. The van der Waals surface area contributed by atoms with Gasteiger partial charge in [-0.1, -0.05) is 35.9 Å². The van der Waals surface area contributed by atoms with E-state index in [4.69, 9.17) is 16.3 Å². The van der Waals surface area contributed by atoms with Crippen LogP contribution in [0, 0.1) is 0 Å². The Balaban J connectivity index is 1.47. The molecule has 3 aromatic rings. The van der Waals surface area contributed by atoms with Crippen LogP contribution in [0.25, 0.3) is 11.1 Å².